The molecule has 1 fully saturated rings. The minimum Gasteiger partial charge on any atom is -0.490 e. The highest BCUT2D eigenvalue weighted by atomic mass is 79.9. The van der Waals surface area contributed by atoms with Gasteiger partial charge in [-0.3, -0.25) is 4.90 Å². The molecule has 26 heavy (non-hydrogen) atoms. The average Bonchev–Trinajstić information content (AvgIpc) is 2.64. The summed E-state index contributed by atoms with van der Waals surface area (Å²) in [4.78, 5) is 2.27. The van der Waals surface area contributed by atoms with E-state index in [1.54, 1.807) is 0 Å². The first-order valence-corrected chi connectivity index (χ1v) is 10.3. The van der Waals surface area contributed by atoms with Crippen molar-refractivity contribution in [3.05, 3.63) is 63.0 Å². The Morgan fingerprint density at radius 3 is 2.65 bits per heavy atom. The van der Waals surface area contributed by atoms with E-state index in [1.165, 1.54) is 0 Å². The van der Waals surface area contributed by atoms with Gasteiger partial charge in [0.05, 0.1) is 17.2 Å². The lowest BCUT2D eigenvalue weighted by Gasteiger charge is -2.40. The SMILES string of the molecule is CC1C(c2ccc(Br)cc2)OCCN1CC(O)COc1ccccc1Br. The second-order valence-corrected chi connectivity index (χ2v) is 8.24. The molecular formula is C20H23Br2NO3. The summed E-state index contributed by atoms with van der Waals surface area (Å²) in [6.45, 7) is 4.42. The number of nitrogens with zero attached hydrogens (tertiary/aromatic N) is 1. The van der Waals surface area contributed by atoms with E-state index in [4.69, 9.17) is 9.47 Å². The van der Waals surface area contributed by atoms with Crippen molar-refractivity contribution in [3.8, 4) is 5.75 Å². The van der Waals surface area contributed by atoms with Gasteiger partial charge in [0.1, 0.15) is 18.5 Å². The molecule has 1 aliphatic rings. The Bertz CT molecular complexity index is 710. The first-order valence-electron chi connectivity index (χ1n) is 8.71. The Kier molecular flexibility index (Phi) is 7.12. The molecule has 1 aliphatic heterocycles. The fourth-order valence-electron chi connectivity index (χ4n) is 3.19. The van der Waals surface area contributed by atoms with Crippen LogP contribution in [0.15, 0.2) is 57.5 Å². The maximum atomic E-state index is 10.4. The van der Waals surface area contributed by atoms with Crippen LogP contribution in [0.4, 0.5) is 0 Å². The summed E-state index contributed by atoms with van der Waals surface area (Å²) in [6, 6.07) is 16.1. The molecule has 140 valence electrons. The lowest BCUT2D eigenvalue weighted by molar-refractivity contribution is -0.0805. The van der Waals surface area contributed by atoms with E-state index in [2.05, 4.69) is 55.8 Å². The van der Waals surface area contributed by atoms with Crippen molar-refractivity contribution >= 4 is 31.9 Å². The molecule has 0 bridgehead atoms. The number of benzene rings is 2. The predicted molar refractivity (Wildman–Crippen MR) is 110 cm³/mol. The van der Waals surface area contributed by atoms with Gasteiger partial charge in [-0.15, -0.1) is 0 Å². The van der Waals surface area contributed by atoms with Crippen LogP contribution in [0.1, 0.15) is 18.6 Å². The highest BCUT2D eigenvalue weighted by Crippen LogP contribution is 2.29. The first kappa shape index (κ1) is 19.8. The Morgan fingerprint density at radius 1 is 1.19 bits per heavy atom. The van der Waals surface area contributed by atoms with Crippen LogP contribution in [0.2, 0.25) is 0 Å². The number of aliphatic hydroxyl groups is 1. The zero-order valence-corrected chi connectivity index (χ0v) is 17.8. The number of hydrogen-bond acceptors (Lipinski definition) is 4. The molecule has 3 atom stereocenters. The second-order valence-electron chi connectivity index (χ2n) is 6.47. The van der Waals surface area contributed by atoms with E-state index in [1.807, 2.05) is 36.4 Å². The third kappa shape index (κ3) is 5.08. The third-order valence-electron chi connectivity index (χ3n) is 4.60. The number of morpholine rings is 1. The summed E-state index contributed by atoms with van der Waals surface area (Å²) in [5.41, 5.74) is 1.16. The van der Waals surface area contributed by atoms with E-state index < -0.39 is 6.10 Å². The quantitative estimate of drug-likeness (QED) is 0.659. The minimum absolute atomic E-state index is 0.00763. The molecule has 1 N–H and O–H groups in total. The number of rotatable bonds is 6. The van der Waals surface area contributed by atoms with Crippen molar-refractivity contribution in [2.75, 3.05) is 26.3 Å². The fourth-order valence-corrected chi connectivity index (χ4v) is 3.85. The number of hydrogen-bond donors (Lipinski definition) is 1. The van der Waals surface area contributed by atoms with E-state index in [9.17, 15) is 5.11 Å². The Morgan fingerprint density at radius 2 is 1.92 bits per heavy atom. The van der Waals surface area contributed by atoms with Crippen molar-refractivity contribution < 1.29 is 14.6 Å². The normalized spacial score (nSPS) is 22.2. The zero-order chi connectivity index (χ0) is 18.5. The van der Waals surface area contributed by atoms with Crippen LogP contribution in [-0.4, -0.2) is 48.5 Å². The van der Waals surface area contributed by atoms with Crippen LogP contribution >= 0.6 is 31.9 Å². The van der Waals surface area contributed by atoms with Crippen molar-refractivity contribution in [3.63, 3.8) is 0 Å². The van der Waals surface area contributed by atoms with E-state index >= 15 is 0 Å². The minimum atomic E-state index is -0.562. The topological polar surface area (TPSA) is 41.9 Å². The molecule has 1 heterocycles. The van der Waals surface area contributed by atoms with Gasteiger partial charge in [-0.05, 0) is 52.7 Å². The van der Waals surface area contributed by atoms with E-state index in [-0.39, 0.29) is 18.8 Å². The lowest BCUT2D eigenvalue weighted by atomic mass is 10.0. The zero-order valence-electron chi connectivity index (χ0n) is 14.6. The molecule has 4 nitrogen and oxygen atoms in total. The Labute approximate surface area is 171 Å². The molecule has 0 aromatic heterocycles. The highest BCUT2D eigenvalue weighted by Gasteiger charge is 2.31. The van der Waals surface area contributed by atoms with Gasteiger partial charge in [-0.1, -0.05) is 40.2 Å². The van der Waals surface area contributed by atoms with Gasteiger partial charge < -0.3 is 14.6 Å². The second kappa shape index (κ2) is 9.33. The van der Waals surface area contributed by atoms with Crippen LogP contribution < -0.4 is 4.74 Å². The van der Waals surface area contributed by atoms with Crippen LogP contribution in [0, 0.1) is 0 Å². The van der Waals surface area contributed by atoms with E-state index in [0.29, 0.717) is 13.2 Å². The van der Waals surface area contributed by atoms with Crippen LogP contribution in [0.5, 0.6) is 5.75 Å². The molecule has 2 aromatic rings. The van der Waals surface area contributed by atoms with Gasteiger partial charge in [0, 0.05) is 23.6 Å². The van der Waals surface area contributed by atoms with Gasteiger partial charge in [-0.25, -0.2) is 0 Å². The molecule has 3 unspecified atom stereocenters. The van der Waals surface area contributed by atoms with Crippen molar-refractivity contribution in [2.24, 2.45) is 0 Å². The van der Waals surface area contributed by atoms with Crippen LogP contribution in [0.25, 0.3) is 0 Å². The summed E-state index contributed by atoms with van der Waals surface area (Å²) < 4.78 is 13.7. The largest absolute Gasteiger partial charge is 0.490 e. The maximum absolute atomic E-state index is 10.4. The van der Waals surface area contributed by atoms with Crippen molar-refractivity contribution in [1.82, 2.24) is 4.90 Å². The average molecular weight is 485 g/mol. The summed E-state index contributed by atoms with van der Waals surface area (Å²) in [5, 5.41) is 10.4. The van der Waals surface area contributed by atoms with Gasteiger partial charge >= 0.3 is 0 Å². The predicted octanol–water partition coefficient (Wildman–Crippen LogP) is 4.41. The molecule has 0 amide bonds. The Hall–Kier alpha value is -0.920. The van der Waals surface area contributed by atoms with Crippen LogP contribution in [-0.2, 0) is 4.74 Å². The monoisotopic (exact) mass is 483 g/mol. The summed E-state index contributed by atoms with van der Waals surface area (Å²) >= 11 is 6.93. The molecule has 0 saturated carbocycles. The van der Waals surface area contributed by atoms with Gasteiger partial charge in [0.25, 0.3) is 0 Å². The third-order valence-corrected chi connectivity index (χ3v) is 5.79. The smallest absolute Gasteiger partial charge is 0.133 e. The number of aliphatic hydroxyl groups excluding tert-OH is 1. The summed E-state index contributed by atoms with van der Waals surface area (Å²) in [5.74, 6) is 0.745. The van der Waals surface area contributed by atoms with Gasteiger partial charge in [-0.2, -0.15) is 0 Å². The molecule has 2 aromatic carbocycles. The molecule has 0 radical (unpaired) electrons. The molecule has 0 spiro atoms. The molecule has 0 aliphatic carbocycles. The summed E-state index contributed by atoms with van der Waals surface area (Å²) in [6.07, 6.45) is -0.554. The molecular weight excluding hydrogens is 462 g/mol. The maximum Gasteiger partial charge on any atom is 0.133 e. The molecule has 3 rings (SSSR count). The fraction of sp³-hybridized carbons (Fsp3) is 0.400. The number of para-hydroxylation sites is 1. The lowest BCUT2D eigenvalue weighted by Crippen LogP contribution is -2.49. The first-order chi connectivity index (χ1) is 12.5. The Balaban J connectivity index is 1.56. The van der Waals surface area contributed by atoms with Crippen LogP contribution in [0.3, 0.4) is 0 Å². The van der Waals surface area contributed by atoms with E-state index in [0.717, 1.165) is 26.8 Å². The standard InChI is InChI=1S/C20H23Br2NO3/c1-14-20(15-6-8-16(21)9-7-15)25-11-10-23(14)12-17(24)13-26-19-5-3-2-4-18(19)22/h2-9,14,17,20,24H,10-13H2,1H3. The van der Waals surface area contributed by atoms with Gasteiger partial charge in [0.2, 0.25) is 0 Å². The summed E-state index contributed by atoms with van der Waals surface area (Å²) in [7, 11) is 0. The van der Waals surface area contributed by atoms with Crippen molar-refractivity contribution in [2.45, 2.75) is 25.2 Å². The van der Waals surface area contributed by atoms with Crippen molar-refractivity contribution in [1.29, 1.82) is 0 Å². The number of ether oxygens (including phenoxy) is 2. The molecule has 1 saturated heterocycles. The highest BCUT2D eigenvalue weighted by molar-refractivity contribution is 9.10. The molecule has 6 heteroatoms. The number of β-amino-alcohol motifs (C(OH)–C–C–N with tert-alkyl or cyclic N) is 1. The van der Waals surface area contributed by atoms with Gasteiger partial charge in [0.15, 0.2) is 0 Å². The number of halogens is 2.